The molecule has 1 heterocycles. The first kappa shape index (κ1) is 21.6. The monoisotopic (exact) mass is 432 g/mol. The van der Waals surface area contributed by atoms with Crippen LogP contribution >= 0.6 is 0 Å². The molecule has 0 aromatic heterocycles. The number of hydrogen-bond acceptors (Lipinski definition) is 5. The Bertz CT molecular complexity index is 1090. The zero-order valence-corrected chi connectivity index (χ0v) is 17.9. The van der Waals surface area contributed by atoms with E-state index in [1.54, 1.807) is 24.3 Å². The second kappa shape index (κ2) is 8.88. The van der Waals surface area contributed by atoms with E-state index in [-0.39, 0.29) is 29.5 Å². The standard InChI is InChI=1S/C25H24N2O5/c1-16-6-3-7-17(2)25(16)20-14-23(18-8-4-10-21(12-18)26(28)29)32-24(15-20)19-9-5-11-22(13-19)27(30)31/h3-13,20,23-24H,14-15H2,1-2H3/t20?,23-,24+. The molecule has 1 unspecified atom stereocenters. The number of ether oxygens (including phenoxy) is 1. The van der Waals surface area contributed by atoms with E-state index < -0.39 is 9.85 Å². The van der Waals surface area contributed by atoms with Gasteiger partial charge in [0.25, 0.3) is 11.4 Å². The van der Waals surface area contributed by atoms with Crippen LogP contribution in [0.15, 0.2) is 66.7 Å². The molecule has 1 fully saturated rings. The topological polar surface area (TPSA) is 95.5 Å². The van der Waals surface area contributed by atoms with E-state index in [0.29, 0.717) is 12.8 Å². The minimum Gasteiger partial charge on any atom is -0.366 e. The van der Waals surface area contributed by atoms with Crippen molar-refractivity contribution in [3.05, 3.63) is 115 Å². The minimum atomic E-state index is -0.409. The molecule has 0 spiro atoms. The highest BCUT2D eigenvalue weighted by molar-refractivity contribution is 5.41. The fourth-order valence-electron chi connectivity index (χ4n) is 4.74. The van der Waals surface area contributed by atoms with Gasteiger partial charge < -0.3 is 4.74 Å². The number of non-ortho nitro benzene ring substituents is 2. The molecule has 0 bridgehead atoms. The predicted octanol–water partition coefficient (Wildman–Crippen LogP) is 6.50. The maximum absolute atomic E-state index is 11.3. The molecular formula is C25H24N2O5. The summed E-state index contributed by atoms with van der Waals surface area (Å²) in [6.07, 6.45) is 0.630. The van der Waals surface area contributed by atoms with Gasteiger partial charge in [0.2, 0.25) is 0 Å². The van der Waals surface area contributed by atoms with E-state index >= 15 is 0 Å². The summed E-state index contributed by atoms with van der Waals surface area (Å²) in [6, 6.07) is 19.3. The van der Waals surface area contributed by atoms with E-state index in [0.717, 1.165) is 11.1 Å². The molecule has 3 atom stereocenters. The summed E-state index contributed by atoms with van der Waals surface area (Å²) in [5.74, 6) is 0.151. The fourth-order valence-corrected chi connectivity index (χ4v) is 4.74. The lowest BCUT2D eigenvalue weighted by Crippen LogP contribution is -2.23. The Balaban J connectivity index is 1.76. The van der Waals surface area contributed by atoms with Gasteiger partial charge in [-0.2, -0.15) is 0 Å². The molecule has 164 valence electrons. The van der Waals surface area contributed by atoms with Crippen LogP contribution in [0.3, 0.4) is 0 Å². The minimum absolute atomic E-state index is 0.0206. The summed E-state index contributed by atoms with van der Waals surface area (Å²) in [4.78, 5) is 21.8. The Morgan fingerprint density at radius 1 is 0.750 bits per heavy atom. The first-order valence-electron chi connectivity index (χ1n) is 10.5. The SMILES string of the molecule is Cc1cccc(C)c1C1C[C@@H](c2cccc([N+](=O)[O-])c2)O[C@@H](c2cccc([N+](=O)[O-])c2)C1. The Morgan fingerprint density at radius 3 is 1.62 bits per heavy atom. The van der Waals surface area contributed by atoms with Crippen LogP contribution in [-0.2, 0) is 4.74 Å². The molecule has 0 amide bonds. The van der Waals surface area contributed by atoms with Crippen LogP contribution in [0.1, 0.15) is 58.8 Å². The number of nitrogens with zero attached hydrogens (tertiary/aromatic N) is 2. The third-order valence-corrected chi connectivity index (χ3v) is 6.18. The molecule has 0 saturated carbocycles. The van der Waals surface area contributed by atoms with Gasteiger partial charge in [-0.25, -0.2) is 0 Å². The molecule has 3 aromatic carbocycles. The summed E-state index contributed by atoms with van der Waals surface area (Å²) < 4.78 is 6.41. The first-order chi connectivity index (χ1) is 15.3. The molecule has 0 N–H and O–H groups in total. The second-order valence-corrected chi connectivity index (χ2v) is 8.29. The Labute approximate surface area is 186 Å². The van der Waals surface area contributed by atoms with Gasteiger partial charge >= 0.3 is 0 Å². The van der Waals surface area contributed by atoms with E-state index in [4.69, 9.17) is 4.74 Å². The van der Waals surface area contributed by atoms with Crippen LogP contribution in [0.2, 0.25) is 0 Å². The number of nitro groups is 2. The van der Waals surface area contributed by atoms with Crippen molar-refractivity contribution in [2.75, 3.05) is 0 Å². The Morgan fingerprint density at radius 2 is 1.19 bits per heavy atom. The van der Waals surface area contributed by atoms with Crippen LogP contribution in [0.4, 0.5) is 11.4 Å². The molecular weight excluding hydrogens is 408 g/mol. The lowest BCUT2D eigenvalue weighted by molar-refractivity contribution is -0.385. The smallest absolute Gasteiger partial charge is 0.269 e. The molecule has 1 saturated heterocycles. The third kappa shape index (κ3) is 4.38. The van der Waals surface area contributed by atoms with Crippen molar-refractivity contribution in [3.63, 3.8) is 0 Å². The van der Waals surface area contributed by atoms with E-state index in [9.17, 15) is 20.2 Å². The molecule has 0 aliphatic carbocycles. The lowest BCUT2D eigenvalue weighted by Gasteiger charge is -2.37. The Kier molecular flexibility index (Phi) is 6.01. The molecule has 0 radical (unpaired) electrons. The van der Waals surface area contributed by atoms with Gasteiger partial charge in [0.1, 0.15) is 0 Å². The molecule has 7 nitrogen and oxygen atoms in total. The number of rotatable bonds is 5. The van der Waals surface area contributed by atoms with Gasteiger partial charge in [0.15, 0.2) is 0 Å². The lowest BCUT2D eigenvalue weighted by atomic mass is 9.79. The highest BCUT2D eigenvalue weighted by Gasteiger charge is 2.34. The van der Waals surface area contributed by atoms with Crippen LogP contribution < -0.4 is 0 Å². The zero-order chi connectivity index (χ0) is 22.8. The largest absolute Gasteiger partial charge is 0.366 e. The average molecular weight is 432 g/mol. The van der Waals surface area contributed by atoms with Crippen LogP contribution in [0.5, 0.6) is 0 Å². The van der Waals surface area contributed by atoms with Gasteiger partial charge in [-0.1, -0.05) is 42.5 Å². The van der Waals surface area contributed by atoms with E-state index in [1.807, 2.05) is 18.2 Å². The molecule has 1 aliphatic heterocycles. The van der Waals surface area contributed by atoms with Crippen molar-refractivity contribution in [2.45, 2.75) is 44.8 Å². The molecule has 1 aliphatic rings. The van der Waals surface area contributed by atoms with Crippen molar-refractivity contribution in [3.8, 4) is 0 Å². The zero-order valence-electron chi connectivity index (χ0n) is 17.9. The summed E-state index contributed by atoms with van der Waals surface area (Å²) in [5.41, 5.74) is 5.15. The average Bonchev–Trinajstić information content (AvgIpc) is 2.79. The highest BCUT2D eigenvalue weighted by atomic mass is 16.6. The Hall–Kier alpha value is -3.58. The van der Waals surface area contributed by atoms with Gasteiger partial charge in [-0.3, -0.25) is 20.2 Å². The number of aryl methyl sites for hydroxylation is 2. The normalized spacial score (nSPS) is 20.6. The summed E-state index contributed by atoms with van der Waals surface area (Å²) in [5, 5.41) is 22.6. The number of benzene rings is 3. The van der Waals surface area contributed by atoms with Crippen LogP contribution in [0, 0.1) is 34.1 Å². The van der Waals surface area contributed by atoms with Gasteiger partial charge in [0, 0.05) is 24.3 Å². The molecule has 3 aromatic rings. The van der Waals surface area contributed by atoms with Crippen molar-refractivity contribution in [1.29, 1.82) is 0 Å². The number of nitro benzene ring substituents is 2. The molecule has 4 rings (SSSR count). The van der Waals surface area contributed by atoms with Crippen molar-refractivity contribution in [2.24, 2.45) is 0 Å². The fraction of sp³-hybridized carbons (Fsp3) is 0.280. The van der Waals surface area contributed by atoms with Crippen molar-refractivity contribution < 1.29 is 14.6 Å². The van der Waals surface area contributed by atoms with Gasteiger partial charge in [-0.15, -0.1) is 0 Å². The second-order valence-electron chi connectivity index (χ2n) is 8.29. The maximum atomic E-state index is 11.3. The van der Waals surface area contributed by atoms with Crippen molar-refractivity contribution in [1.82, 2.24) is 0 Å². The van der Waals surface area contributed by atoms with Crippen LogP contribution in [-0.4, -0.2) is 9.85 Å². The predicted molar refractivity (Wildman–Crippen MR) is 121 cm³/mol. The van der Waals surface area contributed by atoms with Gasteiger partial charge in [0.05, 0.1) is 22.1 Å². The quantitative estimate of drug-likeness (QED) is 0.339. The molecule has 32 heavy (non-hydrogen) atoms. The summed E-state index contributed by atoms with van der Waals surface area (Å²) in [6.45, 7) is 4.17. The number of hydrogen-bond donors (Lipinski definition) is 0. The third-order valence-electron chi connectivity index (χ3n) is 6.18. The summed E-state index contributed by atoms with van der Waals surface area (Å²) in [7, 11) is 0. The van der Waals surface area contributed by atoms with E-state index in [2.05, 4.69) is 26.0 Å². The van der Waals surface area contributed by atoms with Crippen molar-refractivity contribution >= 4 is 11.4 Å². The summed E-state index contributed by atoms with van der Waals surface area (Å²) >= 11 is 0. The van der Waals surface area contributed by atoms with Crippen LogP contribution in [0.25, 0.3) is 0 Å². The molecule has 7 heteroatoms. The highest BCUT2D eigenvalue weighted by Crippen LogP contribution is 2.47. The van der Waals surface area contributed by atoms with E-state index in [1.165, 1.54) is 28.8 Å². The maximum Gasteiger partial charge on any atom is 0.269 e. The van der Waals surface area contributed by atoms with Gasteiger partial charge in [-0.05, 0) is 60.4 Å². The first-order valence-corrected chi connectivity index (χ1v) is 10.5.